The molecular formula is C9H17NO3. The van der Waals surface area contributed by atoms with Crippen molar-refractivity contribution in [1.82, 2.24) is 4.90 Å². The van der Waals surface area contributed by atoms with Crippen LogP contribution in [0.5, 0.6) is 0 Å². The zero-order chi connectivity index (χ0) is 10.6. The molecule has 0 bridgehead atoms. The molecule has 0 N–H and O–H groups in total. The Balaban J connectivity index is 4.33. The molecular weight excluding hydrogens is 170 g/mol. The topological polar surface area (TPSA) is 46.6 Å². The number of carbonyl (C=O) groups excluding carboxylic acids is 2. The van der Waals surface area contributed by atoms with Crippen molar-refractivity contribution in [2.45, 2.75) is 26.8 Å². The van der Waals surface area contributed by atoms with Gasteiger partial charge in [-0.3, -0.25) is 4.79 Å². The molecule has 0 heterocycles. The van der Waals surface area contributed by atoms with Crippen molar-refractivity contribution >= 4 is 11.9 Å². The Labute approximate surface area is 78.9 Å². The van der Waals surface area contributed by atoms with Crippen molar-refractivity contribution < 1.29 is 14.3 Å². The fourth-order valence-electron chi connectivity index (χ4n) is 0.927. The van der Waals surface area contributed by atoms with Gasteiger partial charge in [0.05, 0.1) is 7.11 Å². The molecule has 0 aromatic heterocycles. The Morgan fingerprint density at radius 3 is 2.00 bits per heavy atom. The lowest BCUT2D eigenvalue weighted by Crippen LogP contribution is -2.42. The van der Waals surface area contributed by atoms with E-state index < -0.39 is 12.0 Å². The quantitative estimate of drug-likeness (QED) is 0.610. The van der Waals surface area contributed by atoms with Gasteiger partial charge in [0, 0.05) is 13.0 Å². The lowest BCUT2D eigenvalue weighted by molar-refractivity contribution is -0.152. The molecule has 0 aliphatic rings. The third-order valence-electron chi connectivity index (χ3n) is 1.96. The summed E-state index contributed by atoms with van der Waals surface area (Å²) in [6.07, 6.45) is 0. The smallest absolute Gasteiger partial charge is 0.328 e. The second-order valence-electron chi connectivity index (χ2n) is 3.30. The largest absolute Gasteiger partial charge is 0.467 e. The highest BCUT2D eigenvalue weighted by molar-refractivity contribution is 5.84. The maximum absolute atomic E-state index is 11.4. The standard InChI is InChI=1S/C9H17NO3/c1-6(2)8(11)10(4)7(3)9(12)13-5/h6-7H,1-5H3. The summed E-state index contributed by atoms with van der Waals surface area (Å²) >= 11 is 0. The number of rotatable bonds is 3. The van der Waals surface area contributed by atoms with Gasteiger partial charge >= 0.3 is 5.97 Å². The molecule has 13 heavy (non-hydrogen) atoms. The fraction of sp³-hybridized carbons (Fsp3) is 0.778. The summed E-state index contributed by atoms with van der Waals surface area (Å²) in [5.74, 6) is -0.550. The average Bonchev–Trinajstić information content (AvgIpc) is 2.12. The van der Waals surface area contributed by atoms with Crippen molar-refractivity contribution in [3.05, 3.63) is 0 Å². The fourth-order valence-corrected chi connectivity index (χ4v) is 0.927. The number of hydrogen-bond acceptors (Lipinski definition) is 3. The van der Waals surface area contributed by atoms with Crippen LogP contribution in [0.3, 0.4) is 0 Å². The molecule has 0 spiro atoms. The van der Waals surface area contributed by atoms with Crippen LogP contribution in [0.4, 0.5) is 0 Å². The van der Waals surface area contributed by atoms with Crippen LogP contribution < -0.4 is 0 Å². The van der Waals surface area contributed by atoms with Gasteiger partial charge in [0.25, 0.3) is 0 Å². The molecule has 0 radical (unpaired) electrons. The van der Waals surface area contributed by atoms with Crippen LogP contribution in [0.1, 0.15) is 20.8 Å². The van der Waals surface area contributed by atoms with Gasteiger partial charge in [-0.25, -0.2) is 4.79 Å². The highest BCUT2D eigenvalue weighted by Gasteiger charge is 2.24. The van der Waals surface area contributed by atoms with Crippen molar-refractivity contribution in [1.29, 1.82) is 0 Å². The third-order valence-corrected chi connectivity index (χ3v) is 1.96. The minimum atomic E-state index is -0.514. The van der Waals surface area contributed by atoms with Crippen molar-refractivity contribution in [3.63, 3.8) is 0 Å². The summed E-state index contributed by atoms with van der Waals surface area (Å²) in [4.78, 5) is 23.9. The van der Waals surface area contributed by atoms with Gasteiger partial charge in [-0.05, 0) is 6.92 Å². The summed E-state index contributed by atoms with van der Waals surface area (Å²) in [5, 5.41) is 0. The highest BCUT2D eigenvalue weighted by Crippen LogP contribution is 2.04. The Morgan fingerprint density at radius 1 is 1.23 bits per heavy atom. The molecule has 0 aromatic rings. The van der Waals surface area contributed by atoms with Crippen LogP contribution in [-0.4, -0.2) is 37.0 Å². The van der Waals surface area contributed by atoms with Gasteiger partial charge in [-0.15, -0.1) is 0 Å². The second kappa shape index (κ2) is 4.84. The summed E-state index contributed by atoms with van der Waals surface area (Å²) in [7, 11) is 2.91. The first-order chi connectivity index (χ1) is 5.91. The minimum absolute atomic E-state index is 0.0575. The number of ether oxygens (including phenoxy) is 1. The average molecular weight is 187 g/mol. The van der Waals surface area contributed by atoms with Crippen molar-refractivity contribution in [2.24, 2.45) is 5.92 Å². The predicted molar refractivity (Wildman–Crippen MR) is 49.1 cm³/mol. The number of hydrogen-bond donors (Lipinski definition) is 0. The van der Waals surface area contributed by atoms with E-state index in [1.54, 1.807) is 27.8 Å². The molecule has 0 saturated carbocycles. The SMILES string of the molecule is COC(=O)C(C)N(C)C(=O)C(C)C. The van der Waals surface area contributed by atoms with Crippen molar-refractivity contribution in [3.8, 4) is 0 Å². The van der Waals surface area contributed by atoms with Crippen molar-refractivity contribution in [2.75, 3.05) is 14.2 Å². The van der Waals surface area contributed by atoms with Gasteiger partial charge in [0.15, 0.2) is 0 Å². The first kappa shape index (κ1) is 11.9. The molecule has 0 fully saturated rings. The Bertz CT molecular complexity index is 201. The molecule has 0 rings (SSSR count). The number of amides is 1. The number of carbonyl (C=O) groups is 2. The van der Waals surface area contributed by atoms with Crippen LogP contribution in [-0.2, 0) is 14.3 Å². The molecule has 1 atom stereocenters. The van der Waals surface area contributed by atoms with Crippen LogP contribution in [0.2, 0.25) is 0 Å². The first-order valence-corrected chi connectivity index (χ1v) is 4.26. The lowest BCUT2D eigenvalue weighted by atomic mass is 10.1. The van der Waals surface area contributed by atoms with E-state index in [0.29, 0.717) is 0 Å². The van der Waals surface area contributed by atoms with Crippen LogP contribution >= 0.6 is 0 Å². The Hall–Kier alpha value is -1.06. The van der Waals surface area contributed by atoms with E-state index in [4.69, 9.17) is 0 Å². The summed E-state index contributed by atoms with van der Waals surface area (Å²) in [6, 6.07) is -0.514. The molecule has 0 saturated heterocycles. The summed E-state index contributed by atoms with van der Waals surface area (Å²) < 4.78 is 4.53. The van der Waals surface area contributed by atoms with Gasteiger partial charge in [-0.1, -0.05) is 13.8 Å². The molecule has 1 unspecified atom stereocenters. The monoisotopic (exact) mass is 187 g/mol. The van der Waals surface area contributed by atoms with E-state index in [9.17, 15) is 9.59 Å². The number of likely N-dealkylation sites (N-methyl/N-ethyl adjacent to an activating group) is 1. The number of esters is 1. The van der Waals surface area contributed by atoms with Crippen LogP contribution in [0.25, 0.3) is 0 Å². The molecule has 4 heteroatoms. The Morgan fingerprint density at radius 2 is 1.69 bits per heavy atom. The summed E-state index contributed by atoms with van der Waals surface area (Å²) in [5.41, 5.74) is 0. The van der Waals surface area contributed by atoms with Gasteiger partial charge < -0.3 is 9.64 Å². The molecule has 0 aliphatic heterocycles. The maximum Gasteiger partial charge on any atom is 0.328 e. The normalized spacial score (nSPS) is 12.5. The van der Waals surface area contributed by atoms with E-state index in [1.807, 2.05) is 0 Å². The zero-order valence-electron chi connectivity index (χ0n) is 8.83. The minimum Gasteiger partial charge on any atom is -0.467 e. The van der Waals surface area contributed by atoms with E-state index in [0.717, 1.165) is 0 Å². The molecule has 0 aliphatic carbocycles. The highest BCUT2D eigenvalue weighted by atomic mass is 16.5. The van der Waals surface area contributed by atoms with E-state index in [-0.39, 0.29) is 11.8 Å². The third kappa shape index (κ3) is 3.05. The van der Waals surface area contributed by atoms with Gasteiger partial charge in [0.1, 0.15) is 6.04 Å². The zero-order valence-corrected chi connectivity index (χ0v) is 8.83. The molecule has 4 nitrogen and oxygen atoms in total. The predicted octanol–water partition coefficient (Wildman–Crippen LogP) is 0.662. The van der Waals surface area contributed by atoms with Gasteiger partial charge in [0.2, 0.25) is 5.91 Å². The van der Waals surface area contributed by atoms with Gasteiger partial charge in [-0.2, -0.15) is 0 Å². The van der Waals surface area contributed by atoms with E-state index in [2.05, 4.69) is 4.74 Å². The lowest BCUT2D eigenvalue weighted by Gasteiger charge is -2.24. The van der Waals surface area contributed by atoms with Crippen LogP contribution in [0.15, 0.2) is 0 Å². The van der Waals surface area contributed by atoms with E-state index >= 15 is 0 Å². The molecule has 0 aromatic carbocycles. The van der Waals surface area contributed by atoms with Crippen LogP contribution in [0, 0.1) is 5.92 Å². The second-order valence-corrected chi connectivity index (χ2v) is 3.30. The molecule has 1 amide bonds. The van der Waals surface area contributed by atoms with E-state index in [1.165, 1.54) is 12.0 Å². The maximum atomic E-state index is 11.4. The summed E-state index contributed by atoms with van der Waals surface area (Å²) in [6.45, 7) is 5.23. The number of nitrogens with zero attached hydrogens (tertiary/aromatic N) is 1. The Kier molecular flexibility index (Phi) is 4.45. The number of methoxy groups -OCH3 is 1. The first-order valence-electron chi connectivity index (χ1n) is 4.26. The molecule has 76 valence electrons.